The average molecular weight is 419 g/mol. The van der Waals surface area contributed by atoms with Gasteiger partial charge in [-0.3, -0.25) is 4.79 Å². The van der Waals surface area contributed by atoms with E-state index in [0.29, 0.717) is 43.4 Å². The van der Waals surface area contributed by atoms with E-state index in [9.17, 15) is 4.79 Å². The molecule has 11 heteroatoms. The van der Waals surface area contributed by atoms with Crippen LogP contribution in [0.2, 0.25) is 0 Å². The Morgan fingerprint density at radius 2 is 1.84 bits per heavy atom. The molecule has 1 aliphatic rings. The second-order valence-corrected chi connectivity index (χ2v) is 7.22. The summed E-state index contributed by atoms with van der Waals surface area (Å²) in [4.78, 5) is 29.6. The number of carbonyl (C=O) groups excluding carboxylic acids is 1. The summed E-state index contributed by atoms with van der Waals surface area (Å²) >= 11 is 0. The molecule has 0 N–H and O–H groups in total. The van der Waals surface area contributed by atoms with Crippen molar-refractivity contribution in [2.24, 2.45) is 7.05 Å². The number of hydrogen-bond acceptors (Lipinski definition) is 8. The maximum absolute atomic E-state index is 13.1. The van der Waals surface area contributed by atoms with Gasteiger partial charge in [0.05, 0.1) is 18.0 Å². The van der Waals surface area contributed by atoms with Crippen molar-refractivity contribution in [3.8, 4) is 11.7 Å². The van der Waals surface area contributed by atoms with Gasteiger partial charge in [-0.15, -0.1) is 0 Å². The van der Waals surface area contributed by atoms with Crippen molar-refractivity contribution in [2.75, 3.05) is 38.2 Å². The number of carbonyl (C=O) groups is 1. The predicted octanol–water partition coefficient (Wildman–Crippen LogP) is 0.915. The number of benzene rings is 1. The first-order chi connectivity index (χ1) is 15.1. The van der Waals surface area contributed by atoms with Crippen molar-refractivity contribution in [2.45, 2.75) is 0 Å². The first-order valence-electron chi connectivity index (χ1n) is 9.86. The zero-order valence-corrected chi connectivity index (χ0v) is 17.2. The second kappa shape index (κ2) is 7.67. The molecule has 4 aromatic rings. The number of rotatable bonds is 4. The van der Waals surface area contributed by atoms with Crippen molar-refractivity contribution in [3.63, 3.8) is 0 Å². The molecule has 158 valence electrons. The van der Waals surface area contributed by atoms with E-state index in [1.165, 1.54) is 12.7 Å². The Morgan fingerprint density at radius 3 is 2.58 bits per heavy atom. The van der Waals surface area contributed by atoms with Crippen molar-refractivity contribution in [1.82, 2.24) is 39.4 Å². The van der Waals surface area contributed by atoms with Crippen LogP contribution in [0.25, 0.3) is 16.7 Å². The third kappa shape index (κ3) is 3.43. The number of fused-ring (bicyclic) bond motifs is 1. The molecule has 1 aromatic carbocycles. The molecule has 1 amide bonds. The minimum absolute atomic E-state index is 0.00263. The monoisotopic (exact) mass is 419 g/mol. The van der Waals surface area contributed by atoms with Crippen molar-refractivity contribution in [3.05, 3.63) is 48.8 Å². The topological polar surface area (TPSA) is 107 Å². The Balaban J connectivity index is 1.29. The number of aryl methyl sites for hydroxylation is 1. The molecule has 0 aliphatic carbocycles. The molecule has 0 unspecified atom stereocenters. The molecule has 3 aromatic heterocycles. The Hall–Kier alpha value is -4.02. The van der Waals surface area contributed by atoms with E-state index in [4.69, 9.17) is 4.74 Å². The van der Waals surface area contributed by atoms with Crippen LogP contribution in [-0.2, 0) is 7.05 Å². The predicted molar refractivity (Wildman–Crippen MR) is 112 cm³/mol. The van der Waals surface area contributed by atoms with Gasteiger partial charge < -0.3 is 14.5 Å². The van der Waals surface area contributed by atoms with Gasteiger partial charge in [0, 0.05) is 44.9 Å². The van der Waals surface area contributed by atoms with E-state index >= 15 is 0 Å². The molecule has 1 fully saturated rings. The van der Waals surface area contributed by atoms with E-state index in [2.05, 4.69) is 30.0 Å². The number of piperazine rings is 1. The molecule has 0 saturated carbocycles. The normalized spacial score (nSPS) is 14.3. The number of nitrogens with zero attached hydrogens (tertiary/aromatic N) is 9. The van der Waals surface area contributed by atoms with Gasteiger partial charge in [0.15, 0.2) is 5.82 Å². The summed E-state index contributed by atoms with van der Waals surface area (Å²) in [5.74, 6) is 2.13. The van der Waals surface area contributed by atoms with E-state index in [1.54, 1.807) is 22.8 Å². The highest BCUT2D eigenvalue weighted by molar-refractivity contribution is 5.98. The van der Waals surface area contributed by atoms with E-state index in [1.807, 2.05) is 36.2 Å². The minimum atomic E-state index is -0.00263. The highest BCUT2D eigenvalue weighted by atomic mass is 16.5. The minimum Gasteiger partial charge on any atom is -0.481 e. The van der Waals surface area contributed by atoms with Crippen LogP contribution in [0.4, 0.5) is 5.82 Å². The van der Waals surface area contributed by atoms with Crippen LogP contribution in [0.15, 0.2) is 43.2 Å². The van der Waals surface area contributed by atoms with Gasteiger partial charge in [0.25, 0.3) is 5.91 Å². The van der Waals surface area contributed by atoms with Crippen molar-refractivity contribution >= 4 is 22.6 Å². The van der Waals surface area contributed by atoms with Crippen LogP contribution in [-0.4, -0.2) is 78.6 Å². The maximum atomic E-state index is 13.1. The Kier molecular flexibility index (Phi) is 4.69. The van der Waals surface area contributed by atoms with E-state index in [0.717, 1.165) is 16.7 Å². The van der Waals surface area contributed by atoms with E-state index in [-0.39, 0.29) is 5.91 Å². The smallest absolute Gasteiger partial charge is 0.254 e. The molecular formula is C20H21N9O2. The van der Waals surface area contributed by atoms with Crippen LogP contribution in [0, 0.1) is 0 Å². The van der Waals surface area contributed by atoms with Crippen molar-refractivity contribution in [1.29, 1.82) is 0 Å². The third-order valence-electron chi connectivity index (χ3n) is 5.40. The van der Waals surface area contributed by atoms with Gasteiger partial charge >= 0.3 is 0 Å². The van der Waals surface area contributed by atoms with Gasteiger partial charge in [0.2, 0.25) is 5.88 Å². The van der Waals surface area contributed by atoms with Gasteiger partial charge in [-0.2, -0.15) is 10.2 Å². The van der Waals surface area contributed by atoms with Crippen LogP contribution in [0.1, 0.15) is 10.4 Å². The first kappa shape index (κ1) is 19.0. The van der Waals surface area contributed by atoms with Crippen LogP contribution >= 0.6 is 0 Å². The Bertz CT molecular complexity index is 1230. The summed E-state index contributed by atoms with van der Waals surface area (Å²) in [7, 11) is 3.43. The molecule has 1 saturated heterocycles. The molecule has 0 spiro atoms. The molecule has 0 atom stereocenters. The fraction of sp³-hybridized carbons (Fsp3) is 0.300. The number of methoxy groups -OCH3 is 1. The highest BCUT2D eigenvalue weighted by Gasteiger charge is 2.24. The largest absolute Gasteiger partial charge is 0.481 e. The zero-order valence-electron chi connectivity index (χ0n) is 17.2. The lowest BCUT2D eigenvalue weighted by Gasteiger charge is -2.35. The number of aromatic nitrogens is 7. The highest BCUT2D eigenvalue weighted by Crippen LogP contribution is 2.26. The molecule has 0 bridgehead atoms. The van der Waals surface area contributed by atoms with Crippen LogP contribution in [0.3, 0.4) is 0 Å². The number of hydrogen-bond donors (Lipinski definition) is 0. The summed E-state index contributed by atoms with van der Waals surface area (Å²) < 4.78 is 8.65. The lowest BCUT2D eigenvalue weighted by molar-refractivity contribution is 0.0746. The fourth-order valence-electron chi connectivity index (χ4n) is 3.83. The first-order valence-corrected chi connectivity index (χ1v) is 9.86. The summed E-state index contributed by atoms with van der Waals surface area (Å²) in [6.07, 6.45) is 4.57. The summed E-state index contributed by atoms with van der Waals surface area (Å²) in [6.45, 7) is 2.56. The standard InChI is InChI=1S/C20H21N9O2/c1-26-20(31-2)15-4-3-14(9-16(15)25-26)19(30)28-7-5-27(6-8-28)17-10-18(23-12-22-17)29-13-21-11-24-29/h3-4,9-13H,5-8H2,1-2H3. The SMILES string of the molecule is COc1c2ccc(C(=O)N3CCN(c4cc(-n5cncn5)ncn4)CC3)cc2nn1C. The van der Waals surface area contributed by atoms with Crippen LogP contribution in [0.5, 0.6) is 5.88 Å². The van der Waals surface area contributed by atoms with Gasteiger partial charge in [-0.1, -0.05) is 0 Å². The molecule has 1 aliphatic heterocycles. The summed E-state index contributed by atoms with van der Waals surface area (Å²) in [5.41, 5.74) is 1.36. The second-order valence-electron chi connectivity index (χ2n) is 7.22. The lowest BCUT2D eigenvalue weighted by Crippen LogP contribution is -2.49. The lowest BCUT2D eigenvalue weighted by atomic mass is 10.1. The molecule has 4 heterocycles. The molecule has 0 radical (unpaired) electrons. The maximum Gasteiger partial charge on any atom is 0.254 e. The number of amides is 1. The fourth-order valence-corrected chi connectivity index (χ4v) is 3.83. The van der Waals surface area contributed by atoms with E-state index < -0.39 is 0 Å². The average Bonchev–Trinajstić information content (AvgIpc) is 3.45. The quantitative estimate of drug-likeness (QED) is 0.481. The molecule has 31 heavy (non-hydrogen) atoms. The summed E-state index contributed by atoms with van der Waals surface area (Å²) in [6, 6.07) is 7.41. The van der Waals surface area contributed by atoms with Gasteiger partial charge in [0.1, 0.15) is 24.8 Å². The van der Waals surface area contributed by atoms with Gasteiger partial charge in [-0.25, -0.2) is 24.3 Å². The number of anilines is 1. The third-order valence-corrected chi connectivity index (χ3v) is 5.40. The van der Waals surface area contributed by atoms with Crippen molar-refractivity contribution < 1.29 is 9.53 Å². The van der Waals surface area contributed by atoms with Gasteiger partial charge in [-0.05, 0) is 18.2 Å². The zero-order chi connectivity index (χ0) is 21.4. The Labute approximate surface area is 177 Å². The summed E-state index contributed by atoms with van der Waals surface area (Å²) in [5, 5.41) is 9.43. The molecule has 11 nitrogen and oxygen atoms in total. The molecule has 5 rings (SSSR count). The Morgan fingerprint density at radius 1 is 1.03 bits per heavy atom. The molecular weight excluding hydrogens is 398 g/mol. The van der Waals surface area contributed by atoms with Crippen LogP contribution < -0.4 is 9.64 Å². The number of ether oxygens (including phenoxy) is 1.